The highest BCUT2D eigenvalue weighted by Crippen LogP contribution is 2.24. The third-order valence-electron chi connectivity index (χ3n) is 3.39. The fraction of sp³-hybridized carbons (Fsp3) is 0.118. The van der Waals surface area contributed by atoms with E-state index in [0.717, 1.165) is 12.0 Å². The average molecular weight is 294 g/mol. The molecule has 5 heteroatoms. The normalized spacial score (nSPS) is 10.6. The van der Waals surface area contributed by atoms with Crippen LogP contribution in [0.2, 0.25) is 0 Å². The lowest BCUT2D eigenvalue weighted by atomic mass is 10.1. The predicted octanol–water partition coefficient (Wildman–Crippen LogP) is 3.66. The van der Waals surface area contributed by atoms with Crippen molar-refractivity contribution in [3.8, 4) is 22.9 Å². The molecule has 0 spiro atoms. The molecule has 22 heavy (non-hydrogen) atoms. The first-order chi connectivity index (χ1) is 10.7. The topological polar surface area (TPSA) is 76.2 Å². The molecule has 1 N–H and O–H groups in total. The molecule has 0 aliphatic heterocycles. The Morgan fingerprint density at radius 3 is 2.36 bits per heavy atom. The number of benzene rings is 2. The number of carbonyl (C=O) groups is 1. The van der Waals surface area contributed by atoms with Crippen molar-refractivity contribution in [3.05, 3.63) is 59.7 Å². The molecule has 0 fully saturated rings. The monoisotopic (exact) mass is 294 g/mol. The maximum absolute atomic E-state index is 11.0. The standard InChI is InChI=1S/C17H14N2O3/c1-2-11-6-8-12(9-7-11)15-18-19-16(22-15)13-4-3-5-14(10-13)17(20)21/h3-10H,2H2,1H3,(H,20,21). The van der Waals surface area contributed by atoms with Crippen LogP contribution in [-0.2, 0) is 6.42 Å². The molecule has 0 bridgehead atoms. The number of aryl methyl sites for hydroxylation is 1. The molecule has 1 aromatic heterocycles. The van der Waals surface area contributed by atoms with E-state index in [1.807, 2.05) is 24.3 Å². The minimum Gasteiger partial charge on any atom is -0.478 e. The molecule has 1 heterocycles. The fourth-order valence-corrected chi connectivity index (χ4v) is 2.12. The zero-order valence-electron chi connectivity index (χ0n) is 12.0. The molecular formula is C17H14N2O3. The Bertz CT molecular complexity index is 807. The summed E-state index contributed by atoms with van der Waals surface area (Å²) in [7, 11) is 0. The maximum atomic E-state index is 11.0. The molecule has 0 amide bonds. The number of hydrogen-bond acceptors (Lipinski definition) is 4. The number of hydrogen-bond donors (Lipinski definition) is 1. The van der Waals surface area contributed by atoms with Crippen LogP contribution in [-0.4, -0.2) is 21.3 Å². The number of carboxylic acid groups (broad SMARTS) is 1. The largest absolute Gasteiger partial charge is 0.478 e. The van der Waals surface area contributed by atoms with Gasteiger partial charge in [0.25, 0.3) is 0 Å². The molecule has 0 radical (unpaired) electrons. The SMILES string of the molecule is CCc1ccc(-c2nnc(-c3cccc(C(=O)O)c3)o2)cc1. The summed E-state index contributed by atoms with van der Waals surface area (Å²) in [6.45, 7) is 2.09. The Balaban J connectivity index is 1.93. The van der Waals surface area contributed by atoms with Gasteiger partial charge in [-0.1, -0.05) is 25.1 Å². The molecule has 0 unspecified atom stereocenters. The van der Waals surface area contributed by atoms with Gasteiger partial charge in [-0.2, -0.15) is 0 Å². The Kier molecular flexibility index (Phi) is 3.70. The van der Waals surface area contributed by atoms with Crippen LogP contribution in [0.4, 0.5) is 0 Å². The van der Waals surface area contributed by atoms with E-state index in [4.69, 9.17) is 9.52 Å². The fourth-order valence-electron chi connectivity index (χ4n) is 2.12. The van der Waals surface area contributed by atoms with E-state index < -0.39 is 5.97 Å². The van der Waals surface area contributed by atoms with Gasteiger partial charge in [-0.3, -0.25) is 0 Å². The van der Waals surface area contributed by atoms with Crippen molar-refractivity contribution >= 4 is 5.97 Å². The van der Waals surface area contributed by atoms with Crippen LogP contribution in [0.5, 0.6) is 0 Å². The van der Waals surface area contributed by atoms with E-state index in [1.54, 1.807) is 12.1 Å². The first kappa shape index (κ1) is 14.0. The van der Waals surface area contributed by atoms with E-state index in [1.165, 1.54) is 17.7 Å². The van der Waals surface area contributed by atoms with E-state index in [-0.39, 0.29) is 5.56 Å². The van der Waals surface area contributed by atoms with Crippen LogP contribution in [0.1, 0.15) is 22.8 Å². The average Bonchev–Trinajstić information content (AvgIpc) is 3.05. The van der Waals surface area contributed by atoms with Crippen LogP contribution in [0.15, 0.2) is 52.9 Å². The lowest BCUT2D eigenvalue weighted by Gasteiger charge is -1.98. The van der Waals surface area contributed by atoms with Gasteiger partial charge >= 0.3 is 5.97 Å². The van der Waals surface area contributed by atoms with Crippen LogP contribution < -0.4 is 0 Å². The highest BCUT2D eigenvalue weighted by Gasteiger charge is 2.12. The zero-order valence-corrected chi connectivity index (χ0v) is 12.0. The minimum absolute atomic E-state index is 0.185. The van der Waals surface area contributed by atoms with Crippen LogP contribution in [0.25, 0.3) is 22.9 Å². The molecule has 3 rings (SSSR count). The smallest absolute Gasteiger partial charge is 0.335 e. The first-order valence-corrected chi connectivity index (χ1v) is 6.94. The summed E-state index contributed by atoms with van der Waals surface area (Å²) in [4.78, 5) is 11.0. The van der Waals surface area contributed by atoms with Gasteiger partial charge in [0.05, 0.1) is 5.56 Å². The Morgan fingerprint density at radius 1 is 1.05 bits per heavy atom. The number of carboxylic acids is 1. The van der Waals surface area contributed by atoms with E-state index in [9.17, 15) is 4.79 Å². The van der Waals surface area contributed by atoms with Crippen molar-refractivity contribution < 1.29 is 14.3 Å². The summed E-state index contributed by atoms with van der Waals surface area (Å²) in [5, 5.41) is 17.0. The molecule has 5 nitrogen and oxygen atoms in total. The van der Waals surface area contributed by atoms with Gasteiger partial charge in [0.1, 0.15) is 0 Å². The summed E-state index contributed by atoms with van der Waals surface area (Å²) in [6.07, 6.45) is 0.970. The molecule has 2 aromatic carbocycles. The van der Waals surface area contributed by atoms with Crippen molar-refractivity contribution in [2.75, 3.05) is 0 Å². The Hall–Kier alpha value is -2.95. The molecule has 0 atom stereocenters. The van der Waals surface area contributed by atoms with Crippen LogP contribution >= 0.6 is 0 Å². The summed E-state index contributed by atoms with van der Waals surface area (Å²) in [6, 6.07) is 14.3. The second-order valence-electron chi connectivity index (χ2n) is 4.85. The van der Waals surface area contributed by atoms with Crippen LogP contribution in [0, 0.1) is 0 Å². The summed E-state index contributed by atoms with van der Waals surface area (Å²) in [5.74, 6) is -0.271. The van der Waals surface area contributed by atoms with E-state index in [2.05, 4.69) is 17.1 Å². The summed E-state index contributed by atoms with van der Waals surface area (Å²) in [5.41, 5.74) is 2.84. The quantitative estimate of drug-likeness (QED) is 0.794. The Morgan fingerprint density at radius 2 is 1.73 bits per heavy atom. The van der Waals surface area contributed by atoms with E-state index >= 15 is 0 Å². The lowest BCUT2D eigenvalue weighted by molar-refractivity contribution is 0.0697. The third-order valence-corrected chi connectivity index (χ3v) is 3.39. The number of rotatable bonds is 4. The minimum atomic E-state index is -0.989. The number of nitrogens with zero attached hydrogens (tertiary/aromatic N) is 2. The van der Waals surface area contributed by atoms with Crippen molar-refractivity contribution in [2.45, 2.75) is 13.3 Å². The Labute approximate surface area is 127 Å². The predicted molar refractivity (Wildman–Crippen MR) is 81.5 cm³/mol. The first-order valence-electron chi connectivity index (χ1n) is 6.94. The van der Waals surface area contributed by atoms with Gasteiger partial charge in [-0.05, 0) is 42.3 Å². The van der Waals surface area contributed by atoms with E-state index in [0.29, 0.717) is 17.3 Å². The van der Waals surface area contributed by atoms with Crippen LogP contribution in [0.3, 0.4) is 0 Å². The van der Waals surface area contributed by atoms with Crippen molar-refractivity contribution in [1.29, 1.82) is 0 Å². The van der Waals surface area contributed by atoms with Crippen molar-refractivity contribution in [2.24, 2.45) is 0 Å². The van der Waals surface area contributed by atoms with Gasteiger partial charge < -0.3 is 9.52 Å². The second kappa shape index (κ2) is 5.81. The maximum Gasteiger partial charge on any atom is 0.335 e. The number of aromatic nitrogens is 2. The summed E-state index contributed by atoms with van der Waals surface area (Å²) >= 11 is 0. The summed E-state index contributed by atoms with van der Waals surface area (Å²) < 4.78 is 5.65. The van der Waals surface area contributed by atoms with Crippen molar-refractivity contribution in [1.82, 2.24) is 10.2 Å². The molecule has 3 aromatic rings. The highest BCUT2D eigenvalue weighted by atomic mass is 16.4. The molecule has 0 aliphatic carbocycles. The van der Waals surface area contributed by atoms with Gasteiger partial charge in [-0.25, -0.2) is 4.79 Å². The third kappa shape index (κ3) is 2.74. The molecule has 110 valence electrons. The molecule has 0 aliphatic rings. The molecule has 0 saturated heterocycles. The van der Waals surface area contributed by atoms with Gasteiger partial charge in [0.15, 0.2) is 0 Å². The molecule has 0 saturated carbocycles. The van der Waals surface area contributed by atoms with Gasteiger partial charge in [0.2, 0.25) is 11.8 Å². The molecular weight excluding hydrogens is 280 g/mol. The zero-order chi connectivity index (χ0) is 15.5. The van der Waals surface area contributed by atoms with Gasteiger partial charge in [0, 0.05) is 11.1 Å². The van der Waals surface area contributed by atoms with Crippen molar-refractivity contribution in [3.63, 3.8) is 0 Å². The lowest BCUT2D eigenvalue weighted by Crippen LogP contribution is -1.95. The second-order valence-corrected chi connectivity index (χ2v) is 4.85. The van der Waals surface area contributed by atoms with Gasteiger partial charge in [-0.15, -0.1) is 10.2 Å². The highest BCUT2D eigenvalue weighted by molar-refractivity contribution is 5.88. The number of aromatic carboxylic acids is 1.